The van der Waals surface area contributed by atoms with Gasteiger partial charge in [-0.3, -0.25) is 4.79 Å². The first-order chi connectivity index (χ1) is 8.49. The van der Waals surface area contributed by atoms with Crippen LogP contribution in [0.25, 0.3) is 0 Å². The number of benzene rings is 1. The number of nitrogens with zero attached hydrogens (tertiary/aromatic N) is 2. The average molecular weight is 380 g/mol. The Morgan fingerprint density at radius 2 is 1.72 bits per heavy atom. The van der Waals surface area contributed by atoms with Gasteiger partial charge in [-0.25, -0.2) is 4.39 Å². The van der Waals surface area contributed by atoms with Gasteiger partial charge in [-0.1, -0.05) is 0 Å². The number of halogens is 3. The fraction of sp³-hybridized carbons (Fsp3) is 0.417. The van der Waals surface area contributed by atoms with E-state index in [1.54, 1.807) is 17.9 Å². The fourth-order valence-electron chi connectivity index (χ4n) is 2.02. The molecule has 1 fully saturated rings. The molecule has 1 amide bonds. The molecule has 0 aromatic heterocycles. The lowest BCUT2D eigenvalue weighted by molar-refractivity contribution is -0.129. The highest BCUT2D eigenvalue weighted by atomic mass is 79.9. The second-order valence-corrected chi connectivity index (χ2v) is 5.92. The Kier molecular flexibility index (Phi) is 4.27. The van der Waals surface area contributed by atoms with Crippen LogP contribution in [0.15, 0.2) is 21.1 Å². The third kappa shape index (κ3) is 2.85. The van der Waals surface area contributed by atoms with Gasteiger partial charge in [0, 0.05) is 42.0 Å². The molecule has 2 rings (SSSR count). The van der Waals surface area contributed by atoms with Crippen molar-refractivity contribution >= 4 is 43.5 Å². The number of hydrogen-bond acceptors (Lipinski definition) is 2. The summed E-state index contributed by atoms with van der Waals surface area (Å²) in [6.45, 7) is 4.16. The van der Waals surface area contributed by atoms with Crippen LogP contribution in [-0.2, 0) is 4.79 Å². The summed E-state index contributed by atoms with van der Waals surface area (Å²) in [5, 5.41) is 0. The van der Waals surface area contributed by atoms with Crippen molar-refractivity contribution < 1.29 is 9.18 Å². The van der Waals surface area contributed by atoms with E-state index in [4.69, 9.17) is 0 Å². The Labute approximate surface area is 122 Å². The highest BCUT2D eigenvalue weighted by Gasteiger charge is 2.21. The van der Waals surface area contributed by atoms with Gasteiger partial charge in [0.1, 0.15) is 5.82 Å². The van der Waals surface area contributed by atoms with Crippen LogP contribution in [0.5, 0.6) is 0 Å². The van der Waals surface area contributed by atoms with Crippen molar-refractivity contribution in [3.8, 4) is 0 Å². The molecule has 18 heavy (non-hydrogen) atoms. The largest absolute Gasteiger partial charge is 0.366 e. The number of anilines is 1. The molecule has 6 heteroatoms. The molecule has 0 N–H and O–H groups in total. The molecule has 0 bridgehead atoms. The van der Waals surface area contributed by atoms with Crippen LogP contribution < -0.4 is 4.90 Å². The minimum absolute atomic E-state index is 0.0760. The number of amides is 1. The van der Waals surface area contributed by atoms with Crippen LogP contribution in [0.2, 0.25) is 0 Å². The lowest BCUT2D eigenvalue weighted by Gasteiger charge is -2.35. The maximum Gasteiger partial charge on any atom is 0.219 e. The second kappa shape index (κ2) is 5.57. The molecule has 1 aliphatic rings. The number of piperazine rings is 1. The first kappa shape index (κ1) is 13.8. The van der Waals surface area contributed by atoms with Crippen LogP contribution in [0.1, 0.15) is 6.92 Å². The van der Waals surface area contributed by atoms with Crippen molar-refractivity contribution in [2.45, 2.75) is 6.92 Å². The first-order valence-corrected chi connectivity index (χ1v) is 7.22. The molecule has 0 unspecified atom stereocenters. The van der Waals surface area contributed by atoms with Gasteiger partial charge in [0.15, 0.2) is 0 Å². The number of carbonyl (C=O) groups excluding carboxylic acids is 1. The van der Waals surface area contributed by atoms with Crippen LogP contribution in [0.3, 0.4) is 0 Å². The first-order valence-electron chi connectivity index (χ1n) is 5.64. The van der Waals surface area contributed by atoms with Gasteiger partial charge in [0.25, 0.3) is 0 Å². The summed E-state index contributed by atoms with van der Waals surface area (Å²) in [4.78, 5) is 15.0. The van der Waals surface area contributed by atoms with E-state index >= 15 is 0 Å². The van der Waals surface area contributed by atoms with E-state index in [2.05, 4.69) is 31.9 Å². The minimum Gasteiger partial charge on any atom is -0.366 e. The Balaban J connectivity index is 2.15. The molecule has 1 aliphatic heterocycles. The maximum atomic E-state index is 13.9. The van der Waals surface area contributed by atoms with E-state index in [0.717, 1.165) is 4.47 Å². The Hall–Kier alpha value is -0.620. The quantitative estimate of drug-likeness (QED) is 0.700. The van der Waals surface area contributed by atoms with Gasteiger partial charge in [-0.2, -0.15) is 0 Å². The maximum absolute atomic E-state index is 13.9. The van der Waals surface area contributed by atoms with Crippen LogP contribution in [0.4, 0.5) is 10.1 Å². The van der Waals surface area contributed by atoms with Gasteiger partial charge in [0.05, 0.1) is 5.69 Å². The Morgan fingerprint density at radius 3 is 2.28 bits per heavy atom. The monoisotopic (exact) mass is 378 g/mol. The molecule has 0 radical (unpaired) electrons. The molecule has 0 aliphatic carbocycles. The van der Waals surface area contributed by atoms with Crippen molar-refractivity contribution in [3.63, 3.8) is 0 Å². The SMILES string of the molecule is CC(=O)N1CCN(c2cc(Br)c(Br)cc2F)CC1. The summed E-state index contributed by atoms with van der Waals surface area (Å²) in [5.74, 6) is -0.173. The van der Waals surface area contributed by atoms with Gasteiger partial charge in [-0.05, 0) is 44.0 Å². The zero-order chi connectivity index (χ0) is 13.3. The average Bonchev–Trinajstić information content (AvgIpc) is 2.34. The number of hydrogen-bond donors (Lipinski definition) is 0. The molecule has 0 atom stereocenters. The molecule has 0 spiro atoms. The lowest BCUT2D eigenvalue weighted by Crippen LogP contribution is -2.48. The molecule has 1 aromatic rings. The highest BCUT2D eigenvalue weighted by Crippen LogP contribution is 2.31. The van der Waals surface area contributed by atoms with E-state index in [9.17, 15) is 9.18 Å². The summed E-state index contributed by atoms with van der Waals surface area (Å²) in [6, 6.07) is 3.22. The van der Waals surface area contributed by atoms with Crippen LogP contribution >= 0.6 is 31.9 Å². The molecular formula is C12H13Br2FN2O. The molecule has 1 heterocycles. The predicted molar refractivity (Wildman–Crippen MR) is 76.3 cm³/mol. The molecule has 1 aromatic carbocycles. The summed E-state index contributed by atoms with van der Waals surface area (Å²) in [5.41, 5.74) is 0.577. The van der Waals surface area contributed by atoms with Crippen molar-refractivity contribution in [1.82, 2.24) is 4.90 Å². The second-order valence-electron chi connectivity index (χ2n) is 4.21. The van der Waals surface area contributed by atoms with Gasteiger partial charge < -0.3 is 9.80 Å². The Bertz CT molecular complexity index is 473. The summed E-state index contributed by atoms with van der Waals surface area (Å²) in [7, 11) is 0. The van der Waals surface area contributed by atoms with Gasteiger partial charge in [-0.15, -0.1) is 0 Å². The summed E-state index contributed by atoms with van der Waals surface area (Å²) < 4.78 is 15.4. The number of carbonyl (C=O) groups is 1. The van der Waals surface area contributed by atoms with Gasteiger partial charge >= 0.3 is 0 Å². The van der Waals surface area contributed by atoms with E-state index in [0.29, 0.717) is 36.3 Å². The van der Waals surface area contributed by atoms with E-state index in [1.165, 1.54) is 6.07 Å². The summed E-state index contributed by atoms with van der Waals surface area (Å²) >= 11 is 6.65. The normalized spacial score (nSPS) is 16.0. The smallest absolute Gasteiger partial charge is 0.219 e. The van der Waals surface area contributed by atoms with Crippen molar-refractivity contribution in [2.24, 2.45) is 0 Å². The topological polar surface area (TPSA) is 23.6 Å². The third-order valence-electron chi connectivity index (χ3n) is 3.06. The molecule has 98 valence electrons. The van der Waals surface area contributed by atoms with Crippen molar-refractivity contribution in [3.05, 3.63) is 26.9 Å². The molecule has 3 nitrogen and oxygen atoms in total. The zero-order valence-electron chi connectivity index (χ0n) is 9.92. The van der Waals surface area contributed by atoms with Gasteiger partial charge in [0.2, 0.25) is 5.91 Å². The van der Waals surface area contributed by atoms with Crippen molar-refractivity contribution in [2.75, 3.05) is 31.1 Å². The zero-order valence-corrected chi connectivity index (χ0v) is 13.1. The van der Waals surface area contributed by atoms with E-state index in [1.807, 2.05) is 4.90 Å². The fourth-order valence-corrected chi connectivity index (χ4v) is 2.66. The third-order valence-corrected chi connectivity index (χ3v) is 4.90. The van der Waals surface area contributed by atoms with E-state index in [-0.39, 0.29) is 11.7 Å². The molecular weight excluding hydrogens is 367 g/mol. The van der Waals surface area contributed by atoms with E-state index < -0.39 is 0 Å². The van der Waals surface area contributed by atoms with Crippen LogP contribution in [0, 0.1) is 5.82 Å². The molecule has 0 saturated carbocycles. The highest BCUT2D eigenvalue weighted by molar-refractivity contribution is 9.13. The van der Waals surface area contributed by atoms with Crippen LogP contribution in [-0.4, -0.2) is 37.0 Å². The molecule has 1 saturated heterocycles. The Morgan fingerprint density at radius 1 is 1.17 bits per heavy atom. The lowest BCUT2D eigenvalue weighted by atomic mass is 10.2. The minimum atomic E-state index is -0.249. The summed E-state index contributed by atoms with van der Waals surface area (Å²) in [6.07, 6.45) is 0. The van der Waals surface area contributed by atoms with Crippen molar-refractivity contribution in [1.29, 1.82) is 0 Å². The standard InChI is InChI=1S/C12H13Br2FN2O/c1-8(18)16-2-4-17(5-3-16)12-7-10(14)9(13)6-11(12)15/h6-7H,2-5H2,1H3. The predicted octanol–water partition coefficient (Wildman–Crippen LogP) is 3.02. The number of rotatable bonds is 1.